The Bertz CT molecular complexity index is 1460. The van der Waals surface area contributed by atoms with Crippen LogP contribution in [0.5, 0.6) is 0 Å². The SMILES string of the molecule is CC[C@H](C)NC(=O)[C@H](CC)N(Cc1ccc(Cl)cc1)C(=O)CN(c1ccc(C)cc1C)S(=O)(=O)c1ccc(C)cc1. The number of rotatable bonds is 12. The van der Waals surface area contributed by atoms with Gasteiger partial charge in [0.2, 0.25) is 11.8 Å². The monoisotopic (exact) mass is 597 g/mol. The second-order valence-electron chi connectivity index (χ2n) is 10.5. The van der Waals surface area contributed by atoms with Gasteiger partial charge < -0.3 is 10.2 Å². The number of nitrogens with zero attached hydrogens (tertiary/aromatic N) is 2. The zero-order valence-corrected chi connectivity index (χ0v) is 26.2. The second kappa shape index (κ2) is 14.0. The van der Waals surface area contributed by atoms with Gasteiger partial charge in [-0.2, -0.15) is 0 Å². The highest BCUT2D eigenvalue weighted by Gasteiger charge is 2.34. The van der Waals surface area contributed by atoms with Gasteiger partial charge in [-0.25, -0.2) is 8.42 Å². The van der Waals surface area contributed by atoms with Crippen LogP contribution in [0.4, 0.5) is 5.69 Å². The van der Waals surface area contributed by atoms with Crippen LogP contribution < -0.4 is 9.62 Å². The van der Waals surface area contributed by atoms with Crippen LogP contribution in [-0.2, 0) is 26.2 Å². The van der Waals surface area contributed by atoms with Crippen molar-refractivity contribution in [3.05, 3.63) is 94.0 Å². The quantitative estimate of drug-likeness (QED) is 0.270. The fourth-order valence-corrected chi connectivity index (χ4v) is 6.19. The van der Waals surface area contributed by atoms with E-state index in [1.54, 1.807) is 54.6 Å². The van der Waals surface area contributed by atoms with E-state index >= 15 is 0 Å². The number of carbonyl (C=O) groups excluding carboxylic acids is 2. The Balaban J connectivity index is 2.09. The second-order valence-corrected chi connectivity index (χ2v) is 12.8. The van der Waals surface area contributed by atoms with Gasteiger partial charge in [-0.05, 0) is 82.0 Å². The maximum absolute atomic E-state index is 14.2. The van der Waals surface area contributed by atoms with Gasteiger partial charge in [0.25, 0.3) is 10.0 Å². The molecule has 0 unspecified atom stereocenters. The molecule has 0 radical (unpaired) electrons. The minimum Gasteiger partial charge on any atom is -0.352 e. The van der Waals surface area contributed by atoms with Crippen molar-refractivity contribution in [3.63, 3.8) is 0 Å². The van der Waals surface area contributed by atoms with Crippen LogP contribution in [-0.4, -0.2) is 43.8 Å². The largest absolute Gasteiger partial charge is 0.352 e. The van der Waals surface area contributed by atoms with Crippen molar-refractivity contribution in [2.75, 3.05) is 10.8 Å². The molecule has 2 amide bonds. The molecule has 0 spiro atoms. The number of carbonyl (C=O) groups is 2. The fraction of sp³-hybridized carbons (Fsp3) is 0.375. The summed E-state index contributed by atoms with van der Waals surface area (Å²) < 4.78 is 29.3. The van der Waals surface area contributed by atoms with Crippen LogP contribution in [0.3, 0.4) is 0 Å². The van der Waals surface area contributed by atoms with Crippen molar-refractivity contribution in [2.45, 2.75) is 77.9 Å². The van der Waals surface area contributed by atoms with Crippen molar-refractivity contribution in [1.29, 1.82) is 0 Å². The van der Waals surface area contributed by atoms with Gasteiger partial charge in [0.15, 0.2) is 0 Å². The van der Waals surface area contributed by atoms with Crippen LogP contribution in [0.25, 0.3) is 0 Å². The predicted octanol–water partition coefficient (Wildman–Crippen LogP) is 6.18. The first-order valence-electron chi connectivity index (χ1n) is 13.9. The van der Waals surface area contributed by atoms with Gasteiger partial charge in [0.1, 0.15) is 12.6 Å². The summed E-state index contributed by atoms with van der Waals surface area (Å²) in [6, 6.07) is 18.2. The molecule has 0 aromatic heterocycles. The molecule has 2 atom stereocenters. The number of nitrogens with one attached hydrogen (secondary N) is 1. The minimum atomic E-state index is -4.12. The van der Waals surface area contributed by atoms with E-state index in [0.29, 0.717) is 17.1 Å². The van der Waals surface area contributed by atoms with Gasteiger partial charge in [-0.15, -0.1) is 0 Å². The standard InChI is InChI=1S/C32H40ClN3O4S/c1-7-25(6)34-32(38)29(8-2)35(20-26-12-14-27(33)15-13-26)31(37)21-36(30-18-11-23(4)19-24(30)5)41(39,40)28-16-9-22(3)10-17-28/h9-19,25,29H,7-8,20-21H2,1-6H3,(H,34,38)/t25-,29-/m0/s1. The Morgan fingerprint density at radius 3 is 2.05 bits per heavy atom. The highest BCUT2D eigenvalue weighted by molar-refractivity contribution is 7.92. The lowest BCUT2D eigenvalue weighted by Gasteiger charge is -2.34. The summed E-state index contributed by atoms with van der Waals surface area (Å²) in [6.07, 6.45) is 1.10. The fourth-order valence-electron chi connectivity index (χ4n) is 4.58. The molecule has 3 aromatic rings. The summed E-state index contributed by atoms with van der Waals surface area (Å²) >= 11 is 6.09. The smallest absolute Gasteiger partial charge is 0.264 e. The third-order valence-corrected chi connectivity index (χ3v) is 9.19. The van der Waals surface area contributed by atoms with Crippen molar-refractivity contribution in [2.24, 2.45) is 0 Å². The summed E-state index contributed by atoms with van der Waals surface area (Å²) in [7, 11) is -4.12. The number of hydrogen-bond acceptors (Lipinski definition) is 4. The first-order valence-corrected chi connectivity index (χ1v) is 15.7. The van der Waals surface area contributed by atoms with E-state index in [0.717, 1.165) is 33.0 Å². The third-order valence-electron chi connectivity index (χ3n) is 7.16. The number of aryl methyl sites for hydroxylation is 3. The van der Waals surface area contributed by atoms with Gasteiger partial charge in [0, 0.05) is 17.6 Å². The minimum absolute atomic E-state index is 0.0716. The molecule has 0 fully saturated rings. The van der Waals surface area contributed by atoms with Crippen LogP contribution in [0, 0.1) is 20.8 Å². The maximum atomic E-state index is 14.2. The van der Waals surface area contributed by atoms with Crippen LogP contribution in [0.2, 0.25) is 5.02 Å². The average Bonchev–Trinajstić information content (AvgIpc) is 2.93. The average molecular weight is 598 g/mol. The molecule has 0 aliphatic heterocycles. The number of halogens is 1. The number of amides is 2. The Labute approximate surface area is 249 Å². The normalized spacial score (nSPS) is 12.9. The lowest BCUT2D eigenvalue weighted by Crippen LogP contribution is -2.53. The summed E-state index contributed by atoms with van der Waals surface area (Å²) in [5.74, 6) is -0.759. The summed E-state index contributed by atoms with van der Waals surface area (Å²) in [6.45, 7) is 11.0. The number of sulfonamides is 1. The van der Waals surface area contributed by atoms with E-state index < -0.39 is 28.5 Å². The molecular formula is C32H40ClN3O4S. The Hall–Kier alpha value is -3.36. The molecule has 41 heavy (non-hydrogen) atoms. The van der Waals surface area contributed by atoms with Crippen molar-refractivity contribution < 1.29 is 18.0 Å². The first-order chi connectivity index (χ1) is 19.4. The van der Waals surface area contributed by atoms with Crippen molar-refractivity contribution in [3.8, 4) is 0 Å². The van der Waals surface area contributed by atoms with E-state index in [-0.39, 0.29) is 23.4 Å². The Kier molecular flexibility index (Phi) is 11.0. The molecule has 0 bridgehead atoms. The number of anilines is 1. The van der Waals surface area contributed by atoms with E-state index in [2.05, 4.69) is 5.32 Å². The van der Waals surface area contributed by atoms with E-state index in [1.165, 1.54) is 4.90 Å². The van der Waals surface area contributed by atoms with Crippen molar-refractivity contribution in [1.82, 2.24) is 10.2 Å². The highest BCUT2D eigenvalue weighted by atomic mass is 35.5. The molecule has 220 valence electrons. The summed E-state index contributed by atoms with van der Waals surface area (Å²) in [4.78, 5) is 29.1. The zero-order chi connectivity index (χ0) is 30.3. The molecule has 3 rings (SSSR count). The lowest BCUT2D eigenvalue weighted by molar-refractivity contribution is -0.140. The van der Waals surface area contributed by atoms with Crippen LogP contribution >= 0.6 is 11.6 Å². The van der Waals surface area contributed by atoms with Gasteiger partial charge >= 0.3 is 0 Å². The van der Waals surface area contributed by atoms with E-state index in [9.17, 15) is 18.0 Å². The topological polar surface area (TPSA) is 86.8 Å². The van der Waals surface area contributed by atoms with Crippen LogP contribution in [0.15, 0.2) is 71.6 Å². The van der Waals surface area contributed by atoms with E-state index in [4.69, 9.17) is 11.6 Å². The molecule has 9 heteroatoms. The van der Waals surface area contributed by atoms with Crippen molar-refractivity contribution >= 4 is 39.1 Å². The Morgan fingerprint density at radius 1 is 0.878 bits per heavy atom. The predicted molar refractivity (Wildman–Crippen MR) is 166 cm³/mol. The zero-order valence-electron chi connectivity index (χ0n) is 24.6. The third kappa shape index (κ3) is 8.11. The molecule has 0 saturated carbocycles. The molecule has 3 aromatic carbocycles. The molecule has 7 nitrogen and oxygen atoms in total. The summed E-state index contributed by atoms with van der Waals surface area (Å²) in [5.41, 5.74) is 3.80. The van der Waals surface area contributed by atoms with Crippen LogP contribution in [0.1, 0.15) is 55.9 Å². The first kappa shape index (κ1) is 32.2. The molecular weight excluding hydrogens is 558 g/mol. The molecule has 0 heterocycles. The molecule has 0 saturated heterocycles. The molecule has 0 aliphatic rings. The van der Waals surface area contributed by atoms with E-state index in [1.807, 2.05) is 53.7 Å². The highest BCUT2D eigenvalue weighted by Crippen LogP contribution is 2.28. The number of hydrogen-bond donors (Lipinski definition) is 1. The molecule has 1 N–H and O–H groups in total. The lowest BCUT2D eigenvalue weighted by atomic mass is 10.1. The van der Waals surface area contributed by atoms with Gasteiger partial charge in [-0.3, -0.25) is 13.9 Å². The van der Waals surface area contributed by atoms with Gasteiger partial charge in [0.05, 0.1) is 10.6 Å². The maximum Gasteiger partial charge on any atom is 0.264 e. The number of benzene rings is 3. The van der Waals surface area contributed by atoms with Gasteiger partial charge in [-0.1, -0.05) is 73.0 Å². The Morgan fingerprint density at radius 2 is 1.49 bits per heavy atom. The molecule has 0 aliphatic carbocycles. The summed E-state index contributed by atoms with van der Waals surface area (Å²) in [5, 5.41) is 3.54.